The zero-order chi connectivity index (χ0) is 18.9. The van der Waals surface area contributed by atoms with Crippen LogP contribution in [0.3, 0.4) is 0 Å². The molecular formula is C20H22N2O3S. The first-order chi connectivity index (χ1) is 12.3. The molecule has 0 radical (unpaired) electrons. The second kappa shape index (κ2) is 6.96. The first-order valence-electron chi connectivity index (χ1n) is 8.47. The van der Waals surface area contributed by atoms with Crippen LogP contribution in [-0.4, -0.2) is 19.9 Å². The predicted molar refractivity (Wildman–Crippen MR) is 103 cm³/mol. The maximum absolute atomic E-state index is 13.1. The van der Waals surface area contributed by atoms with Crippen LogP contribution in [0.4, 0.5) is 5.69 Å². The number of oxazole rings is 1. The van der Waals surface area contributed by atoms with E-state index in [0.717, 1.165) is 16.8 Å². The fraction of sp³-hybridized carbons (Fsp3) is 0.250. The van der Waals surface area contributed by atoms with Crippen molar-refractivity contribution in [2.24, 2.45) is 0 Å². The number of anilines is 1. The van der Waals surface area contributed by atoms with E-state index in [9.17, 15) is 8.42 Å². The van der Waals surface area contributed by atoms with Gasteiger partial charge in [0.15, 0.2) is 5.89 Å². The molecule has 5 nitrogen and oxygen atoms in total. The average Bonchev–Trinajstić information content (AvgIpc) is 2.94. The summed E-state index contributed by atoms with van der Waals surface area (Å²) in [6.45, 7) is 7.76. The molecule has 0 bridgehead atoms. The number of nitrogens with zero attached hydrogens (tertiary/aromatic N) is 2. The third-order valence-corrected chi connectivity index (χ3v) is 6.11. The van der Waals surface area contributed by atoms with Crippen molar-refractivity contribution in [1.29, 1.82) is 0 Å². The van der Waals surface area contributed by atoms with Gasteiger partial charge in [-0.1, -0.05) is 24.3 Å². The average molecular weight is 370 g/mol. The molecule has 0 aliphatic heterocycles. The second-order valence-electron chi connectivity index (χ2n) is 6.17. The standard InChI is InChI=1S/C20H22N2O3S/c1-5-22(18-8-6-7-14(2)13-18)26(23,24)19-11-9-17(10-12-19)20-15(3)25-16(4)21-20/h6-13H,5H2,1-4H3. The van der Waals surface area contributed by atoms with E-state index in [-0.39, 0.29) is 4.90 Å². The Morgan fingerprint density at radius 2 is 1.73 bits per heavy atom. The summed E-state index contributed by atoms with van der Waals surface area (Å²) < 4.78 is 33.0. The fourth-order valence-electron chi connectivity index (χ4n) is 2.98. The van der Waals surface area contributed by atoms with E-state index >= 15 is 0 Å². The van der Waals surface area contributed by atoms with E-state index in [1.165, 1.54) is 4.31 Å². The van der Waals surface area contributed by atoms with Gasteiger partial charge in [-0.05, 0) is 50.6 Å². The van der Waals surface area contributed by atoms with Gasteiger partial charge in [-0.3, -0.25) is 4.31 Å². The predicted octanol–water partition coefficient (Wildman–Crippen LogP) is 4.48. The molecule has 0 saturated heterocycles. The van der Waals surface area contributed by atoms with Gasteiger partial charge in [0.2, 0.25) is 0 Å². The largest absolute Gasteiger partial charge is 0.446 e. The molecule has 0 spiro atoms. The number of hydrogen-bond donors (Lipinski definition) is 0. The molecule has 26 heavy (non-hydrogen) atoms. The summed E-state index contributed by atoms with van der Waals surface area (Å²) in [7, 11) is -3.64. The van der Waals surface area contributed by atoms with Crippen molar-refractivity contribution in [1.82, 2.24) is 4.98 Å². The molecule has 2 aromatic carbocycles. The Balaban J connectivity index is 1.97. The van der Waals surface area contributed by atoms with Crippen molar-refractivity contribution in [3.05, 3.63) is 65.7 Å². The van der Waals surface area contributed by atoms with E-state index in [1.54, 1.807) is 31.2 Å². The zero-order valence-electron chi connectivity index (χ0n) is 15.4. The summed E-state index contributed by atoms with van der Waals surface area (Å²) in [5.41, 5.74) is 3.25. The lowest BCUT2D eigenvalue weighted by atomic mass is 10.1. The summed E-state index contributed by atoms with van der Waals surface area (Å²) >= 11 is 0. The van der Waals surface area contributed by atoms with Gasteiger partial charge in [0.25, 0.3) is 10.0 Å². The van der Waals surface area contributed by atoms with Crippen LogP contribution in [0.2, 0.25) is 0 Å². The van der Waals surface area contributed by atoms with Crippen LogP contribution in [-0.2, 0) is 10.0 Å². The van der Waals surface area contributed by atoms with Crippen LogP contribution in [0.5, 0.6) is 0 Å². The minimum absolute atomic E-state index is 0.252. The Hall–Kier alpha value is -2.60. The fourth-order valence-corrected chi connectivity index (χ4v) is 4.45. The minimum Gasteiger partial charge on any atom is -0.446 e. The molecule has 0 aliphatic carbocycles. The normalized spacial score (nSPS) is 11.5. The number of sulfonamides is 1. The smallest absolute Gasteiger partial charge is 0.264 e. The summed E-state index contributed by atoms with van der Waals surface area (Å²) in [6, 6.07) is 14.3. The minimum atomic E-state index is -3.64. The van der Waals surface area contributed by atoms with Crippen LogP contribution < -0.4 is 4.31 Å². The Kier molecular flexibility index (Phi) is 4.87. The molecule has 3 aromatic rings. The monoisotopic (exact) mass is 370 g/mol. The van der Waals surface area contributed by atoms with Crippen LogP contribution in [0.15, 0.2) is 57.8 Å². The molecule has 1 aromatic heterocycles. The van der Waals surface area contributed by atoms with Crippen molar-refractivity contribution < 1.29 is 12.8 Å². The summed E-state index contributed by atoms with van der Waals surface area (Å²) in [5.74, 6) is 1.30. The Bertz CT molecular complexity index is 1020. The third kappa shape index (κ3) is 3.37. The van der Waals surface area contributed by atoms with Gasteiger partial charge in [0, 0.05) is 19.0 Å². The molecule has 0 atom stereocenters. The van der Waals surface area contributed by atoms with E-state index in [2.05, 4.69) is 4.98 Å². The van der Waals surface area contributed by atoms with Crippen LogP contribution in [0.25, 0.3) is 11.3 Å². The molecule has 3 rings (SSSR count). The SMILES string of the molecule is CCN(c1cccc(C)c1)S(=O)(=O)c1ccc(-c2nc(C)oc2C)cc1. The highest BCUT2D eigenvalue weighted by Gasteiger charge is 2.24. The van der Waals surface area contributed by atoms with Crippen molar-refractivity contribution in [2.45, 2.75) is 32.6 Å². The number of hydrogen-bond acceptors (Lipinski definition) is 4. The molecule has 0 saturated carbocycles. The van der Waals surface area contributed by atoms with Gasteiger partial charge < -0.3 is 4.42 Å². The Morgan fingerprint density at radius 1 is 1.04 bits per heavy atom. The molecule has 0 fully saturated rings. The summed E-state index contributed by atoms with van der Waals surface area (Å²) in [4.78, 5) is 4.61. The number of rotatable bonds is 5. The molecule has 136 valence electrons. The second-order valence-corrected chi connectivity index (χ2v) is 8.03. The van der Waals surface area contributed by atoms with E-state index in [4.69, 9.17) is 4.42 Å². The maximum Gasteiger partial charge on any atom is 0.264 e. The lowest BCUT2D eigenvalue weighted by Gasteiger charge is -2.23. The topological polar surface area (TPSA) is 63.4 Å². The molecule has 1 heterocycles. The quantitative estimate of drug-likeness (QED) is 0.664. The van der Waals surface area contributed by atoms with Gasteiger partial charge in [-0.25, -0.2) is 13.4 Å². The van der Waals surface area contributed by atoms with Crippen molar-refractivity contribution in [2.75, 3.05) is 10.8 Å². The molecule has 0 aliphatic rings. The molecule has 0 N–H and O–H groups in total. The van der Waals surface area contributed by atoms with E-state index < -0.39 is 10.0 Å². The molecule has 0 unspecified atom stereocenters. The number of benzene rings is 2. The van der Waals surface area contributed by atoms with Crippen molar-refractivity contribution in [3.8, 4) is 11.3 Å². The summed E-state index contributed by atoms with van der Waals surface area (Å²) in [6.07, 6.45) is 0. The van der Waals surface area contributed by atoms with E-state index in [0.29, 0.717) is 23.9 Å². The van der Waals surface area contributed by atoms with Crippen LogP contribution >= 0.6 is 0 Å². The first kappa shape index (κ1) is 18.2. The third-order valence-electron chi connectivity index (χ3n) is 4.20. The molecular weight excluding hydrogens is 348 g/mol. The highest BCUT2D eigenvalue weighted by Crippen LogP contribution is 2.28. The highest BCUT2D eigenvalue weighted by atomic mass is 32.2. The first-order valence-corrected chi connectivity index (χ1v) is 9.91. The maximum atomic E-state index is 13.1. The Labute approximate surface area is 154 Å². The van der Waals surface area contributed by atoms with Gasteiger partial charge in [-0.15, -0.1) is 0 Å². The van der Waals surface area contributed by atoms with Crippen LogP contribution in [0, 0.1) is 20.8 Å². The molecule has 0 amide bonds. The lowest BCUT2D eigenvalue weighted by Crippen LogP contribution is -2.30. The lowest BCUT2D eigenvalue weighted by molar-refractivity contribution is 0.495. The molecule has 6 heteroatoms. The van der Waals surface area contributed by atoms with Crippen LogP contribution in [0.1, 0.15) is 24.1 Å². The van der Waals surface area contributed by atoms with Gasteiger partial charge in [-0.2, -0.15) is 0 Å². The van der Waals surface area contributed by atoms with Crippen molar-refractivity contribution in [3.63, 3.8) is 0 Å². The Morgan fingerprint density at radius 3 is 2.27 bits per heavy atom. The zero-order valence-corrected chi connectivity index (χ0v) is 16.2. The van der Waals surface area contributed by atoms with E-state index in [1.807, 2.05) is 45.0 Å². The van der Waals surface area contributed by atoms with Crippen molar-refractivity contribution >= 4 is 15.7 Å². The van der Waals surface area contributed by atoms with Gasteiger partial charge >= 0.3 is 0 Å². The highest BCUT2D eigenvalue weighted by molar-refractivity contribution is 7.92. The van der Waals surface area contributed by atoms with Gasteiger partial charge in [0.1, 0.15) is 11.5 Å². The summed E-state index contributed by atoms with van der Waals surface area (Å²) in [5, 5.41) is 0. The number of aromatic nitrogens is 1. The van der Waals surface area contributed by atoms with Gasteiger partial charge in [0.05, 0.1) is 10.6 Å². The number of aryl methyl sites for hydroxylation is 3.